The molecular weight excluding hydrogens is 362 g/mol. The van der Waals surface area contributed by atoms with E-state index in [9.17, 15) is 14.7 Å². The van der Waals surface area contributed by atoms with Crippen molar-refractivity contribution in [2.45, 2.75) is 26.3 Å². The van der Waals surface area contributed by atoms with Gasteiger partial charge >= 0.3 is 5.97 Å². The summed E-state index contributed by atoms with van der Waals surface area (Å²) in [7, 11) is 3.00. The maximum atomic E-state index is 12.4. The average Bonchev–Trinajstić information content (AvgIpc) is 2.67. The Bertz CT molecular complexity index is 849. The number of amides is 1. The van der Waals surface area contributed by atoms with Gasteiger partial charge in [-0.2, -0.15) is 0 Å². The number of carbonyl (C=O) groups is 2. The Morgan fingerprint density at radius 1 is 1.00 bits per heavy atom. The number of methoxy groups -OCH3 is 2. The Balaban J connectivity index is 2.12. The van der Waals surface area contributed by atoms with Gasteiger partial charge in [0.15, 0.2) is 18.1 Å². The number of ether oxygens (including phenoxy) is 3. The molecule has 0 aliphatic carbocycles. The molecule has 1 atom stereocenters. The zero-order valence-corrected chi connectivity index (χ0v) is 16.4. The van der Waals surface area contributed by atoms with Crippen LogP contribution in [0, 0.1) is 13.8 Å². The quantitative estimate of drug-likeness (QED) is 0.687. The van der Waals surface area contributed by atoms with Gasteiger partial charge in [0.05, 0.1) is 26.7 Å². The highest BCUT2D eigenvalue weighted by Gasteiger charge is 2.20. The van der Waals surface area contributed by atoms with Crippen molar-refractivity contribution in [3.8, 4) is 17.2 Å². The summed E-state index contributed by atoms with van der Waals surface area (Å²) in [6, 6.07) is 10.0. The first-order chi connectivity index (χ1) is 13.3. The molecule has 0 saturated heterocycles. The molecule has 28 heavy (non-hydrogen) atoms. The summed E-state index contributed by atoms with van der Waals surface area (Å²) in [6.07, 6.45) is -0.273. The molecule has 2 aromatic rings. The predicted octanol–water partition coefficient (Wildman–Crippen LogP) is 3.03. The summed E-state index contributed by atoms with van der Waals surface area (Å²) in [5, 5.41) is 11.9. The fourth-order valence-corrected chi connectivity index (χ4v) is 2.74. The van der Waals surface area contributed by atoms with Gasteiger partial charge in [-0.25, -0.2) is 0 Å². The van der Waals surface area contributed by atoms with E-state index in [-0.39, 0.29) is 13.0 Å². The molecule has 0 radical (unpaired) electrons. The normalized spacial score (nSPS) is 11.4. The molecular formula is C21H25NO6. The van der Waals surface area contributed by atoms with E-state index in [0.717, 1.165) is 11.1 Å². The smallest absolute Gasteiger partial charge is 0.305 e. The van der Waals surface area contributed by atoms with E-state index in [1.54, 1.807) is 18.2 Å². The molecule has 7 nitrogen and oxygen atoms in total. The minimum Gasteiger partial charge on any atom is -0.493 e. The van der Waals surface area contributed by atoms with Crippen molar-refractivity contribution in [2.24, 2.45) is 0 Å². The molecule has 0 unspecified atom stereocenters. The summed E-state index contributed by atoms with van der Waals surface area (Å²) in [4.78, 5) is 23.6. The Morgan fingerprint density at radius 2 is 1.71 bits per heavy atom. The van der Waals surface area contributed by atoms with Crippen molar-refractivity contribution in [3.05, 3.63) is 53.1 Å². The van der Waals surface area contributed by atoms with Crippen LogP contribution in [0.4, 0.5) is 0 Å². The third kappa shape index (κ3) is 5.64. The predicted molar refractivity (Wildman–Crippen MR) is 104 cm³/mol. The van der Waals surface area contributed by atoms with Crippen LogP contribution < -0.4 is 19.5 Å². The van der Waals surface area contributed by atoms with Crippen LogP contribution in [0.1, 0.15) is 29.2 Å². The molecule has 0 aromatic heterocycles. The molecule has 0 spiro atoms. The highest BCUT2D eigenvalue weighted by Crippen LogP contribution is 2.31. The van der Waals surface area contributed by atoms with Crippen LogP contribution in [-0.2, 0) is 9.59 Å². The van der Waals surface area contributed by atoms with E-state index >= 15 is 0 Å². The van der Waals surface area contributed by atoms with Crippen molar-refractivity contribution in [1.29, 1.82) is 0 Å². The molecule has 0 bridgehead atoms. The van der Waals surface area contributed by atoms with E-state index in [0.29, 0.717) is 22.8 Å². The lowest BCUT2D eigenvalue weighted by Gasteiger charge is -2.19. The minimum atomic E-state index is -1.03. The van der Waals surface area contributed by atoms with E-state index in [1.807, 2.05) is 32.0 Å². The summed E-state index contributed by atoms with van der Waals surface area (Å²) in [6.45, 7) is 3.61. The lowest BCUT2D eigenvalue weighted by atomic mass is 10.0. The number of carboxylic acid groups (broad SMARTS) is 1. The fourth-order valence-electron chi connectivity index (χ4n) is 2.74. The molecule has 2 aromatic carbocycles. The molecule has 1 amide bonds. The second-order valence-electron chi connectivity index (χ2n) is 6.39. The average molecular weight is 387 g/mol. The summed E-state index contributed by atoms with van der Waals surface area (Å²) in [5.41, 5.74) is 2.54. The van der Waals surface area contributed by atoms with Gasteiger partial charge < -0.3 is 24.6 Å². The van der Waals surface area contributed by atoms with E-state index in [1.165, 1.54) is 14.2 Å². The number of nitrogens with one attached hydrogen (secondary N) is 1. The molecule has 2 rings (SSSR count). The molecule has 2 N–H and O–H groups in total. The van der Waals surface area contributed by atoms with Crippen LogP contribution >= 0.6 is 0 Å². The molecule has 150 valence electrons. The molecule has 0 fully saturated rings. The van der Waals surface area contributed by atoms with Gasteiger partial charge in [-0.3, -0.25) is 9.59 Å². The number of hydrogen-bond donors (Lipinski definition) is 2. The van der Waals surface area contributed by atoms with E-state index < -0.39 is 17.9 Å². The Labute approximate surface area is 164 Å². The second-order valence-corrected chi connectivity index (χ2v) is 6.39. The van der Waals surface area contributed by atoms with Gasteiger partial charge in [-0.1, -0.05) is 18.2 Å². The monoisotopic (exact) mass is 387 g/mol. The SMILES string of the molecule is COc1ccc([C@@H](CC(=O)O)NC(=O)COc2cc(C)ccc2C)cc1OC. The van der Waals surface area contributed by atoms with Gasteiger partial charge in [-0.05, 0) is 48.7 Å². The first-order valence-corrected chi connectivity index (χ1v) is 8.77. The van der Waals surface area contributed by atoms with Crippen molar-refractivity contribution in [3.63, 3.8) is 0 Å². The van der Waals surface area contributed by atoms with Crippen LogP contribution in [-0.4, -0.2) is 37.8 Å². The fraction of sp³-hybridized carbons (Fsp3) is 0.333. The van der Waals surface area contributed by atoms with Crippen molar-refractivity contribution >= 4 is 11.9 Å². The number of carboxylic acids is 1. The van der Waals surface area contributed by atoms with Gasteiger partial charge in [0.2, 0.25) is 0 Å². The topological polar surface area (TPSA) is 94.1 Å². The Hall–Kier alpha value is -3.22. The Kier molecular flexibility index (Phi) is 7.26. The summed E-state index contributed by atoms with van der Waals surface area (Å²) < 4.78 is 16.0. The van der Waals surface area contributed by atoms with E-state index in [4.69, 9.17) is 14.2 Å². The van der Waals surface area contributed by atoms with Crippen LogP contribution in [0.25, 0.3) is 0 Å². The number of aryl methyl sites for hydroxylation is 2. The largest absolute Gasteiger partial charge is 0.493 e. The molecule has 7 heteroatoms. The zero-order chi connectivity index (χ0) is 20.7. The lowest BCUT2D eigenvalue weighted by Crippen LogP contribution is -2.34. The molecule has 0 heterocycles. The van der Waals surface area contributed by atoms with E-state index in [2.05, 4.69) is 5.32 Å². The highest BCUT2D eigenvalue weighted by molar-refractivity contribution is 5.79. The number of aliphatic carboxylic acids is 1. The molecule has 0 saturated carbocycles. The van der Waals surface area contributed by atoms with Gasteiger partial charge in [-0.15, -0.1) is 0 Å². The zero-order valence-electron chi connectivity index (χ0n) is 16.4. The maximum Gasteiger partial charge on any atom is 0.305 e. The third-order valence-electron chi connectivity index (χ3n) is 4.23. The van der Waals surface area contributed by atoms with Gasteiger partial charge in [0, 0.05) is 0 Å². The number of hydrogen-bond acceptors (Lipinski definition) is 5. The maximum absolute atomic E-state index is 12.4. The highest BCUT2D eigenvalue weighted by atomic mass is 16.5. The van der Waals surface area contributed by atoms with Crippen molar-refractivity contribution < 1.29 is 28.9 Å². The molecule has 0 aliphatic rings. The standard InChI is InChI=1S/C21H25NO6/c1-13-5-6-14(2)18(9-13)28-12-20(23)22-16(11-21(24)25)15-7-8-17(26-3)19(10-15)27-4/h5-10,16H,11-12H2,1-4H3,(H,22,23)(H,24,25)/t16-/m1/s1. The number of rotatable bonds is 9. The lowest BCUT2D eigenvalue weighted by molar-refractivity contribution is -0.137. The van der Waals surface area contributed by atoms with Gasteiger partial charge in [0.25, 0.3) is 5.91 Å². The summed E-state index contributed by atoms with van der Waals surface area (Å²) in [5.74, 6) is 0.148. The number of benzene rings is 2. The van der Waals surface area contributed by atoms with Crippen LogP contribution in [0.5, 0.6) is 17.2 Å². The van der Waals surface area contributed by atoms with Crippen LogP contribution in [0.3, 0.4) is 0 Å². The van der Waals surface area contributed by atoms with Crippen molar-refractivity contribution in [1.82, 2.24) is 5.32 Å². The van der Waals surface area contributed by atoms with Gasteiger partial charge in [0.1, 0.15) is 5.75 Å². The summed E-state index contributed by atoms with van der Waals surface area (Å²) >= 11 is 0. The van der Waals surface area contributed by atoms with Crippen LogP contribution in [0.2, 0.25) is 0 Å². The first-order valence-electron chi connectivity index (χ1n) is 8.77. The van der Waals surface area contributed by atoms with Crippen molar-refractivity contribution in [2.75, 3.05) is 20.8 Å². The second kappa shape index (κ2) is 9.64. The minimum absolute atomic E-state index is 0.215. The number of carbonyl (C=O) groups excluding carboxylic acids is 1. The molecule has 0 aliphatic heterocycles. The van der Waals surface area contributed by atoms with Crippen LogP contribution in [0.15, 0.2) is 36.4 Å². The first kappa shape index (κ1) is 21.1. The Morgan fingerprint density at radius 3 is 2.36 bits per heavy atom. The third-order valence-corrected chi connectivity index (χ3v) is 4.23.